The third-order valence-corrected chi connectivity index (χ3v) is 2.71. The quantitative estimate of drug-likeness (QED) is 0.523. The van der Waals surface area contributed by atoms with E-state index in [0.717, 1.165) is 0 Å². The summed E-state index contributed by atoms with van der Waals surface area (Å²) >= 11 is 0. The van der Waals surface area contributed by atoms with Gasteiger partial charge in [0.1, 0.15) is 0 Å². The molecule has 1 unspecified atom stereocenters. The van der Waals surface area contributed by atoms with Crippen LogP contribution < -0.4 is 56.8 Å². The molecule has 19 heavy (non-hydrogen) atoms. The Morgan fingerprint density at radius 3 is 2.95 bits per heavy atom. The van der Waals surface area contributed by atoms with E-state index in [1.54, 1.807) is 12.4 Å². The van der Waals surface area contributed by atoms with Crippen LogP contribution in [0.5, 0.6) is 0 Å². The fourth-order valence-corrected chi connectivity index (χ4v) is 1.91. The summed E-state index contributed by atoms with van der Waals surface area (Å²) in [5, 5.41) is 3.94. The van der Waals surface area contributed by atoms with Crippen molar-refractivity contribution in [2.45, 2.75) is 19.8 Å². The molecule has 1 N–H and O–H groups in total. The van der Waals surface area contributed by atoms with E-state index in [2.05, 4.69) is 16.6 Å². The molecule has 0 aliphatic carbocycles. The molecule has 0 saturated carbocycles. The molecular weight excluding hydrogens is 274 g/mol. The Kier molecular flexibility index (Phi) is 6.48. The molecule has 0 bridgehead atoms. The van der Waals surface area contributed by atoms with Crippen molar-refractivity contribution in [3.8, 4) is 0 Å². The van der Waals surface area contributed by atoms with E-state index < -0.39 is 5.82 Å². The molecule has 6 heteroatoms. The number of hydrogen-bond donors (Lipinski definition) is 1. The zero-order valence-electron chi connectivity index (χ0n) is 10.8. The molecule has 1 amide bonds. The Balaban J connectivity index is 0.00000180. The summed E-state index contributed by atoms with van der Waals surface area (Å²) in [6.07, 6.45) is 2.00. The first kappa shape index (κ1) is 16.7. The minimum atomic E-state index is -0.551. The van der Waals surface area contributed by atoms with Crippen LogP contribution in [0.1, 0.15) is 24.5 Å². The van der Waals surface area contributed by atoms with E-state index in [1.165, 1.54) is 6.07 Å². The van der Waals surface area contributed by atoms with Gasteiger partial charge in [0.2, 0.25) is 5.91 Å². The van der Waals surface area contributed by atoms with Crippen LogP contribution in [0.25, 0.3) is 0 Å². The standard InChI is InChI=1S/C13H11FN2O2.K/c1-8-4-12(18)15-16-13(8)10-5-9(2-3-17)6-11(14)7-10;/h5,7-8H,2,4H2,1H3,(H,15,18);/q-2;+1. The average Bonchev–Trinajstić information content (AvgIpc) is 2.28. The van der Waals surface area contributed by atoms with Crippen LogP contribution in [0.15, 0.2) is 17.2 Å². The zero-order chi connectivity index (χ0) is 13.1. The van der Waals surface area contributed by atoms with Gasteiger partial charge in [-0.25, -0.2) is 9.82 Å². The van der Waals surface area contributed by atoms with E-state index in [4.69, 9.17) is 0 Å². The van der Waals surface area contributed by atoms with Crippen molar-refractivity contribution in [1.29, 1.82) is 0 Å². The number of benzene rings is 1. The van der Waals surface area contributed by atoms with Gasteiger partial charge in [-0.05, 0) is 0 Å². The Labute approximate surface area is 153 Å². The normalized spacial score (nSPS) is 18.1. The summed E-state index contributed by atoms with van der Waals surface area (Å²) in [7, 11) is 0. The van der Waals surface area contributed by atoms with Crippen LogP contribution in [0.3, 0.4) is 0 Å². The number of nitrogens with zero attached hydrogens (tertiary/aromatic N) is 1. The van der Waals surface area contributed by atoms with Crippen molar-refractivity contribution < 1.29 is 65.4 Å². The topological polar surface area (TPSA) is 58.5 Å². The maximum Gasteiger partial charge on any atom is 1.00 e. The van der Waals surface area contributed by atoms with Gasteiger partial charge in [0.25, 0.3) is 0 Å². The van der Waals surface area contributed by atoms with Gasteiger partial charge in [-0.1, -0.05) is 6.92 Å². The van der Waals surface area contributed by atoms with Gasteiger partial charge in [-0.15, -0.1) is 24.1 Å². The molecule has 94 valence electrons. The summed E-state index contributed by atoms with van der Waals surface area (Å²) in [6.45, 7) is 1.84. The summed E-state index contributed by atoms with van der Waals surface area (Å²) in [5.74, 6) is -0.797. The van der Waals surface area contributed by atoms with Gasteiger partial charge in [-0.3, -0.25) is 11.1 Å². The predicted octanol–water partition coefficient (Wildman–Crippen LogP) is -1.86. The molecule has 1 aromatic carbocycles. The number of halogens is 1. The molecule has 1 heterocycles. The molecule has 0 fully saturated rings. The second-order valence-corrected chi connectivity index (χ2v) is 4.20. The molecule has 1 aromatic rings. The van der Waals surface area contributed by atoms with Crippen LogP contribution in [-0.2, 0) is 16.0 Å². The third-order valence-electron chi connectivity index (χ3n) is 2.71. The number of hydrazone groups is 1. The van der Waals surface area contributed by atoms with E-state index in [1.807, 2.05) is 6.92 Å². The van der Waals surface area contributed by atoms with Crippen LogP contribution in [-0.4, -0.2) is 17.9 Å². The second kappa shape index (κ2) is 7.40. The number of carbonyl (C=O) groups excluding carboxylic acids is 2. The first-order chi connectivity index (χ1) is 8.60. The van der Waals surface area contributed by atoms with Crippen molar-refractivity contribution in [2.75, 3.05) is 0 Å². The number of amides is 1. The van der Waals surface area contributed by atoms with Gasteiger partial charge in [0.05, 0.1) is 0 Å². The van der Waals surface area contributed by atoms with Gasteiger partial charge in [0, 0.05) is 23.9 Å². The molecule has 1 aliphatic heterocycles. The van der Waals surface area contributed by atoms with Gasteiger partial charge < -0.3 is 4.79 Å². The van der Waals surface area contributed by atoms with Gasteiger partial charge in [-0.2, -0.15) is 16.7 Å². The number of hydrogen-bond acceptors (Lipinski definition) is 3. The fourth-order valence-electron chi connectivity index (χ4n) is 1.91. The first-order valence-electron chi connectivity index (χ1n) is 5.53. The number of rotatable bonds is 3. The first-order valence-corrected chi connectivity index (χ1v) is 5.53. The van der Waals surface area contributed by atoms with Crippen LogP contribution in [0.4, 0.5) is 4.39 Å². The van der Waals surface area contributed by atoms with Crippen LogP contribution in [0.2, 0.25) is 0 Å². The van der Waals surface area contributed by atoms with E-state index >= 15 is 0 Å². The minimum Gasteiger partial charge on any atom is -0.542 e. The monoisotopic (exact) mass is 285 g/mol. The number of carbonyl (C=O) groups is 1. The van der Waals surface area contributed by atoms with Crippen molar-refractivity contribution in [1.82, 2.24) is 5.43 Å². The maximum absolute atomic E-state index is 13.4. The van der Waals surface area contributed by atoms with Gasteiger partial charge >= 0.3 is 51.4 Å². The molecule has 0 spiro atoms. The molecule has 4 nitrogen and oxygen atoms in total. The Morgan fingerprint density at radius 2 is 2.32 bits per heavy atom. The summed E-state index contributed by atoms with van der Waals surface area (Å²) < 4.78 is 13.4. The molecule has 0 saturated heterocycles. The minimum absolute atomic E-state index is 0. The third kappa shape index (κ3) is 4.29. The van der Waals surface area contributed by atoms with Crippen molar-refractivity contribution >= 4 is 17.9 Å². The SMILES string of the molecule is CC1CC(=O)NN=C1c1cc(F)[c-]c(C[C-]=O)c1.[K+]. The smallest absolute Gasteiger partial charge is 0.542 e. The summed E-state index contributed by atoms with van der Waals surface area (Å²) in [5.41, 5.74) is 3.96. The molecule has 1 atom stereocenters. The number of nitrogens with one attached hydrogen (secondary N) is 1. The Hall–Kier alpha value is -0.404. The van der Waals surface area contributed by atoms with Crippen LogP contribution in [0, 0.1) is 17.8 Å². The average molecular weight is 285 g/mol. The molecular formula is C13H11FKN2O2-. The predicted molar refractivity (Wildman–Crippen MR) is 63.1 cm³/mol. The van der Waals surface area contributed by atoms with E-state index in [9.17, 15) is 14.0 Å². The largest absolute Gasteiger partial charge is 1.00 e. The van der Waals surface area contributed by atoms with Crippen LogP contribution >= 0.6 is 0 Å². The second-order valence-electron chi connectivity index (χ2n) is 4.20. The van der Waals surface area contributed by atoms with E-state index in [-0.39, 0.29) is 69.6 Å². The molecule has 0 aromatic heterocycles. The molecule has 1 aliphatic rings. The zero-order valence-corrected chi connectivity index (χ0v) is 13.9. The fraction of sp³-hybridized carbons (Fsp3) is 0.308. The van der Waals surface area contributed by atoms with Crippen molar-refractivity contribution in [3.63, 3.8) is 0 Å². The molecule has 0 radical (unpaired) electrons. The maximum atomic E-state index is 13.4. The van der Waals surface area contributed by atoms with Crippen molar-refractivity contribution in [2.24, 2.45) is 11.0 Å². The Morgan fingerprint density at radius 1 is 1.58 bits per heavy atom. The molecule has 2 rings (SSSR count). The van der Waals surface area contributed by atoms with Gasteiger partial charge in [0.15, 0.2) is 0 Å². The van der Waals surface area contributed by atoms with E-state index in [0.29, 0.717) is 23.3 Å². The van der Waals surface area contributed by atoms with Crippen molar-refractivity contribution in [3.05, 3.63) is 35.1 Å². The summed E-state index contributed by atoms with van der Waals surface area (Å²) in [4.78, 5) is 21.5. The summed E-state index contributed by atoms with van der Waals surface area (Å²) in [6, 6.07) is 5.37. The Bertz CT molecular complexity index is 531.